The highest BCUT2D eigenvalue weighted by atomic mass is 19.4. The monoisotopic (exact) mass is 483 g/mol. The molecule has 2 N–H and O–H groups in total. The van der Waals surface area contributed by atoms with Crippen molar-refractivity contribution in [1.82, 2.24) is 9.88 Å². The molecule has 0 aliphatic heterocycles. The highest BCUT2D eigenvalue weighted by molar-refractivity contribution is 5.87. The van der Waals surface area contributed by atoms with Crippen LogP contribution in [0.4, 0.5) is 18.9 Å². The number of hydrogen-bond acceptors (Lipinski definition) is 4. The summed E-state index contributed by atoms with van der Waals surface area (Å²) in [5.74, 6) is 0. The Labute approximate surface area is 199 Å². The molecule has 0 fully saturated rings. The Kier molecular flexibility index (Phi) is 6.90. The van der Waals surface area contributed by atoms with Crippen molar-refractivity contribution >= 4 is 16.6 Å². The quantitative estimate of drug-likeness (QED) is 0.195. The van der Waals surface area contributed by atoms with Gasteiger partial charge in [-0.05, 0) is 30.2 Å². The molecule has 4 aromatic rings. The lowest BCUT2D eigenvalue weighted by Gasteiger charge is -2.31. The minimum absolute atomic E-state index is 0.108. The van der Waals surface area contributed by atoms with Crippen molar-refractivity contribution in [3.05, 3.63) is 112 Å². The number of hydrogen-bond donors (Lipinski definition) is 2. The van der Waals surface area contributed by atoms with Gasteiger partial charge in [0, 0.05) is 42.4 Å². The van der Waals surface area contributed by atoms with E-state index in [1.54, 1.807) is 12.1 Å². The van der Waals surface area contributed by atoms with E-state index in [1.165, 1.54) is 22.9 Å². The van der Waals surface area contributed by atoms with Crippen LogP contribution in [0.5, 0.6) is 0 Å². The van der Waals surface area contributed by atoms with E-state index in [0.717, 1.165) is 17.2 Å². The van der Waals surface area contributed by atoms with E-state index in [9.17, 15) is 28.4 Å². The number of fused-ring (bicyclic) bond motifs is 1. The molecule has 1 unspecified atom stereocenters. The third-order valence-electron chi connectivity index (χ3n) is 6.00. The van der Waals surface area contributed by atoms with Crippen LogP contribution < -0.4 is 5.32 Å². The molecule has 0 aliphatic rings. The molecule has 0 radical (unpaired) electrons. The second-order valence-corrected chi connectivity index (χ2v) is 8.39. The molecule has 1 atom stereocenters. The van der Waals surface area contributed by atoms with E-state index in [1.807, 2.05) is 48.5 Å². The molecule has 0 saturated heterocycles. The zero-order valence-corrected chi connectivity index (χ0v) is 18.7. The largest absolute Gasteiger partial charge is 0.422 e. The minimum atomic E-state index is -4.99. The van der Waals surface area contributed by atoms with Gasteiger partial charge in [-0.1, -0.05) is 60.7 Å². The van der Waals surface area contributed by atoms with E-state index >= 15 is 0 Å². The second-order valence-electron chi connectivity index (χ2n) is 8.39. The molecule has 35 heavy (non-hydrogen) atoms. The first-order valence-corrected chi connectivity index (χ1v) is 11.0. The van der Waals surface area contributed by atoms with Crippen LogP contribution in [-0.4, -0.2) is 33.9 Å². The van der Waals surface area contributed by atoms with Crippen molar-refractivity contribution in [2.24, 2.45) is 0 Å². The first kappa shape index (κ1) is 24.4. The summed E-state index contributed by atoms with van der Waals surface area (Å²) in [6.45, 7) is -0.338. The predicted molar refractivity (Wildman–Crippen MR) is 127 cm³/mol. The number of alkyl halides is 3. The summed E-state index contributed by atoms with van der Waals surface area (Å²) in [7, 11) is 0. The summed E-state index contributed by atoms with van der Waals surface area (Å²) in [5, 5.41) is 25.2. The van der Waals surface area contributed by atoms with Crippen LogP contribution in [-0.2, 0) is 18.6 Å². The van der Waals surface area contributed by atoms with Crippen molar-refractivity contribution in [3.8, 4) is 0 Å². The molecule has 0 bridgehead atoms. The number of halogens is 3. The van der Waals surface area contributed by atoms with Gasteiger partial charge in [-0.25, -0.2) is 0 Å². The number of benzene rings is 3. The third kappa shape index (κ3) is 5.21. The summed E-state index contributed by atoms with van der Waals surface area (Å²) in [4.78, 5) is 10.7. The fraction of sp³-hybridized carbons (Fsp3) is 0.231. The van der Waals surface area contributed by atoms with Gasteiger partial charge in [0.15, 0.2) is 5.60 Å². The zero-order chi connectivity index (χ0) is 25.1. The summed E-state index contributed by atoms with van der Waals surface area (Å²) < 4.78 is 44.4. The second kappa shape index (κ2) is 9.89. The molecule has 0 saturated carbocycles. The van der Waals surface area contributed by atoms with E-state index in [0.29, 0.717) is 6.42 Å². The van der Waals surface area contributed by atoms with Crippen molar-refractivity contribution in [1.29, 1.82) is 0 Å². The summed E-state index contributed by atoms with van der Waals surface area (Å²) in [5.41, 5.74) is -1.78. The Morgan fingerprint density at radius 1 is 0.943 bits per heavy atom. The Morgan fingerprint density at radius 3 is 2.17 bits per heavy atom. The number of nitrogens with one attached hydrogen (secondary N) is 1. The highest BCUT2D eigenvalue weighted by Crippen LogP contribution is 2.43. The Bertz CT molecular complexity index is 1310. The normalized spacial score (nSPS) is 13.6. The number of aliphatic hydroxyl groups is 1. The molecule has 6 nitrogen and oxygen atoms in total. The smallest absolute Gasteiger partial charge is 0.375 e. The number of aromatic nitrogens is 1. The van der Waals surface area contributed by atoms with Crippen LogP contribution in [0.15, 0.2) is 85.1 Å². The molecule has 1 heterocycles. The number of nitrogens with zero attached hydrogens (tertiary/aromatic N) is 2. The molecule has 9 heteroatoms. The van der Waals surface area contributed by atoms with Crippen LogP contribution in [0.25, 0.3) is 10.9 Å². The van der Waals surface area contributed by atoms with Crippen LogP contribution in [0, 0.1) is 10.1 Å². The molecule has 0 amide bonds. The molecule has 0 spiro atoms. The van der Waals surface area contributed by atoms with Gasteiger partial charge in [-0.15, -0.1) is 0 Å². The lowest BCUT2D eigenvalue weighted by Crippen LogP contribution is -2.50. The Morgan fingerprint density at radius 2 is 1.57 bits per heavy atom. The first-order valence-electron chi connectivity index (χ1n) is 11.0. The number of non-ortho nitro benzene ring substituents is 1. The topological polar surface area (TPSA) is 80.3 Å². The number of nitro benzene ring substituents is 1. The standard InChI is InChI=1S/C26H24F3N3O3/c27-26(28,29)25(33,18-30-14-13-19-7-3-1-4-8-19)23-17-31(16-20-9-5-2-6-10-20)24-15-21(32(34)35)11-12-22(23)24/h1-12,15,17,30,33H,13-14,16,18H2. The summed E-state index contributed by atoms with van der Waals surface area (Å²) in [6.07, 6.45) is -3.25. The van der Waals surface area contributed by atoms with E-state index in [2.05, 4.69) is 5.32 Å². The van der Waals surface area contributed by atoms with E-state index in [4.69, 9.17) is 0 Å². The molecular formula is C26H24F3N3O3. The lowest BCUT2D eigenvalue weighted by molar-refractivity contribution is -0.384. The first-order chi connectivity index (χ1) is 16.7. The molecule has 3 aromatic carbocycles. The summed E-state index contributed by atoms with van der Waals surface area (Å²) in [6, 6.07) is 22.0. The van der Waals surface area contributed by atoms with E-state index in [-0.39, 0.29) is 35.2 Å². The Balaban J connectivity index is 1.71. The van der Waals surface area contributed by atoms with Gasteiger partial charge in [0.1, 0.15) is 0 Å². The number of nitro groups is 1. The lowest BCUT2D eigenvalue weighted by atomic mass is 9.92. The maximum Gasteiger partial charge on any atom is 0.422 e. The third-order valence-corrected chi connectivity index (χ3v) is 6.00. The summed E-state index contributed by atoms with van der Waals surface area (Å²) >= 11 is 0. The van der Waals surface area contributed by atoms with Gasteiger partial charge in [0.05, 0.1) is 10.4 Å². The van der Waals surface area contributed by atoms with Crippen LogP contribution in [0.2, 0.25) is 0 Å². The zero-order valence-electron chi connectivity index (χ0n) is 18.7. The predicted octanol–water partition coefficient (Wildman–Crippen LogP) is 5.18. The minimum Gasteiger partial charge on any atom is -0.375 e. The van der Waals surface area contributed by atoms with Crippen molar-refractivity contribution in [2.45, 2.75) is 24.7 Å². The molecule has 4 rings (SSSR count). The SMILES string of the molecule is O=[N+]([O-])c1ccc2c(C(O)(CNCCc3ccccc3)C(F)(F)F)cn(Cc3ccccc3)c2c1. The van der Waals surface area contributed by atoms with Crippen LogP contribution in [0.1, 0.15) is 16.7 Å². The van der Waals surface area contributed by atoms with Gasteiger partial charge in [0.25, 0.3) is 5.69 Å². The molecule has 1 aromatic heterocycles. The maximum atomic E-state index is 14.3. The average Bonchev–Trinajstić information content (AvgIpc) is 3.20. The van der Waals surface area contributed by atoms with Gasteiger partial charge < -0.3 is 15.0 Å². The van der Waals surface area contributed by atoms with Gasteiger partial charge in [-0.2, -0.15) is 13.2 Å². The van der Waals surface area contributed by atoms with Crippen LogP contribution >= 0.6 is 0 Å². The molecular weight excluding hydrogens is 459 g/mol. The van der Waals surface area contributed by atoms with Gasteiger partial charge in [0.2, 0.25) is 0 Å². The van der Waals surface area contributed by atoms with Crippen LogP contribution in [0.3, 0.4) is 0 Å². The maximum absolute atomic E-state index is 14.3. The average molecular weight is 483 g/mol. The molecule has 182 valence electrons. The fourth-order valence-electron chi connectivity index (χ4n) is 4.13. The van der Waals surface area contributed by atoms with Gasteiger partial charge in [-0.3, -0.25) is 10.1 Å². The molecule has 0 aliphatic carbocycles. The van der Waals surface area contributed by atoms with Crippen molar-refractivity contribution in [3.63, 3.8) is 0 Å². The number of rotatable bonds is 9. The van der Waals surface area contributed by atoms with E-state index < -0.39 is 23.2 Å². The van der Waals surface area contributed by atoms with Crippen molar-refractivity contribution < 1.29 is 23.2 Å². The van der Waals surface area contributed by atoms with Crippen molar-refractivity contribution in [2.75, 3.05) is 13.1 Å². The van der Waals surface area contributed by atoms with Gasteiger partial charge >= 0.3 is 6.18 Å². The fourth-order valence-corrected chi connectivity index (χ4v) is 4.13. The highest BCUT2D eigenvalue weighted by Gasteiger charge is 2.56. The Hall–Kier alpha value is -3.69.